The Kier molecular flexibility index (Phi) is 3.05. The number of hydrogen-bond donors (Lipinski definition) is 0. The van der Waals surface area contributed by atoms with Crippen LogP contribution < -0.4 is 0 Å². The van der Waals surface area contributed by atoms with Gasteiger partial charge in [0.1, 0.15) is 10.1 Å². The number of rotatable bonds is 3. The van der Waals surface area contributed by atoms with E-state index in [-0.39, 0.29) is 17.8 Å². The number of allylic oxidation sites excluding steroid dienone is 2. The molecule has 1 fully saturated rings. The Hall–Kier alpha value is -0.560. The zero-order chi connectivity index (χ0) is 13.8. The average Bonchev–Trinajstić information content (AvgIpc) is 2.75. The average molecular weight is 283 g/mol. The molecule has 0 spiro atoms. The van der Waals surface area contributed by atoms with Gasteiger partial charge in [0.05, 0.1) is 0 Å². The summed E-state index contributed by atoms with van der Waals surface area (Å²) in [4.78, 5) is 0. The van der Waals surface area contributed by atoms with Gasteiger partial charge in [-0.25, -0.2) is 8.42 Å². The molecule has 0 aromatic heterocycles. The molecule has 0 amide bonds. The predicted octanol–water partition coefficient (Wildman–Crippen LogP) is 2.45. The standard InChI is InChI=1S/C11H15F3O3S/c1-10(11(12,13)14,18(15,16)17)6-9-5-7-2-3-8(9)4-7/h2-3,7-9H,4-6H2,1H3,(H,15,16,17)/p-1. The molecule has 0 aromatic carbocycles. The van der Waals surface area contributed by atoms with E-state index in [1.165, 1.54) is 0 Å². The first-order valence-corrected chi connectivity index (χ1v) is 7.16. The summed E-state index contributed by atoms with van der Waals surface area (Å²) in [5.74, 6) is -0.138. The molecule has 0 aliphatic heterocycles. The summed E-state index contributed by atoms with van der Waals surface area (Å²) in [7, 11) is -5.43. The topological polar surface area (TPSA) is 57.2 Å². The van der Waals surface area contributed by atoms with E-state index in [1.807, 2.05) is 12.2 Å². The molecule has 3 nitrogen and oxygen atoms in total. The van der Waals surface area contributed by atoms with Crippen molar-refractivity contribution in [2.45, 2.75) is 37.1 Å². The first-order valence-electron chi connectivity index (χ1n) is 5.75. The molecule has 1 saturated carbocycles. The Morgan fingerprint density at radius 3 is 2.22 bits per heavy atom. The molecule has 7 heteroatoms. The zero-order valence-electron chi connectivity index (χ0n) is 9.77. The van der Waals surface area contributed by atoms with Crippen molar-refractivity contribution in [3.8, 4) is 0 Å². The van der Waals surface area contributed by atoms with Crippen molar-refractivity contribution in [3.05, 3.63) is 12.2 Å². The van der Waals surface area contributed by atoms with E-state index in [0.29, 0.717) is 13.3 Å². The lowest BCUT2D eigenvalue weighted by Gasteiger charge is -2.37. The van der Waals surface area contributed by atoms with E-state index in [1.54, 1.807) is 0 Å². The molecule has 4 atom stereocenters. The van der Waals surface area contributed by atoms with Crippen LogP contribution in [0.1, 0.15) is 26.2 Å². The monoisotopic (exact) mass is 283 g/mol. The molecule has 0 radical (unpaired) electrons. The van der Waals surface area contributed by atoms with Gasteiger partial charge in [0, 0.05) is 0 Å². The van der Waals surface area contributed by atoms with Crippen molar-refractivity contribution < 1.29 is 26.1 Å². The third kappa shape index (κ3) is 2.07. The Balaban J connectivity index is 2.25. The summed E-state index contributed by atoms with van der Waals surface area (Å²) in [5, 5.41) is 0. The minimum absolute atomic E-state index is 0.0153. The molecule has 0 aromatic rings. The SMILES string of the molecule is CC(CC1CC2C=CC1C2)(C(F)(F)F)S(=O)(=O)[O-]. The second-order valence-corrected chi connectivity index (χ2v) is 7.24. The van der Waals surface area contributed by atoms with Gasteiger partial charge in [0.25, 0.3) is 0 Å². The summed E-state index contributed by atoms with van der Waals surface area (Å²) in [6.45, 7) is 0.505. The maximum atomic E-state index is 12.9. The van der Waals surface area contributed by atoms with Crippen LogP contribution in [0.15, 0.2) is 12.2 Å². The quantitative estimate of drug-likeness (QED) is 0.590. The van der Waals surface area contributed by atoms with E-state index >= 15 is 0 Å². The lowest BCUT2D eigenvalue weighted by Crippen LogP contribution is -2.50. The third-order valence-corrected chi connectivity index (χ3v) is 5.72. The minimum atomic E-state index is -5.43. The summed E-state index contributed by atoms with van der Waals surface area (Å²) in [5.41, 5.74) is 0. The van der Waals surface area contributed by atoms with Gasteiger partial charge in [-0.3, -0.25) is 0 Å². The lowest BCUT2D eigenvalue weighted by atomic mass is 9.85. The van der Waals surface area contributed by atoms with Gasteiger partial charge in [-0.05, 0) is 43.9 Å². The van der Waals surface area contributed by atoms with Gasteiger partial charge in [-0.15, -0.1) is 0 Å². The highest BCUT2D eigenvalue weighted by molar-refractivity contribution is 7.87. The van der Waals surface area contributed by atoms with Crippen molar-refractivity contribution in [1.82, 2.24) is 0 Å². The van der Waals surface area contributed by atoms with E-state index in [4.69, 9.17) is 0 Å². The van der Waals surface area contributed by atoms with Crippen LogP contribution in [0.4, 0.5) is 13.2 Å². The largest absolute Gasteiger partial charge is 0.747 e. The van der Waals surface area contributed by atoms with Gasteiger partial charge in [-0.1, -0.05) is 12.2 Å². The van der Waals surface area contributed by atoms with Crippen LogP contribution in [0.25, 0.3) is 0 Å². The molecule has 4 unspecified atom stereocenters. The predicted molar refractivity (Wildman–Crippen MR) is 57.6 cm³/mol. The molecule has 104 valence electrons. The Bertz CT molecular complexity index is 468. The summed E-state index contributed by atoms with van der Waals surface area (Å²) >= 11 is 0. The highest BCUT2D eigenvalue weighted by Gasteiger charge is 2.58. The first-order chi connectivity index (χ1) is 8.04. The number of hydrogen-bond acceptors (Lipinski definition) is 3. The van der Waals surface area contributed by atoms with Crippen LogP contribution in [0.3, 0.4) is 0 Å². The fraction of sp³-hybridized carbons (Fsp3) is 0.818. The Morgan fingerprint density at radius 2 is 1.89 bits per heavy atom. The van der Waals surface area contributed by atoms with Crippen molar-refractivity contribution >= 4 is 10.1 Å². The van der Waals surface area contributed by atoms with Crippen molar-refractivity contribution in [3.63, 3.8) is 0 Å². The summed E-state index contributed by atoms with van der Waals surface area (Å²) < 4.78 is 68.5. The highest BCUT2D eigenvalue weighted by Crippen LogP contribution is 2.50. The smallest absolute Gasteiger partial charge is 0.406 e. The van der Waals surface area contributed by atoms with Gasteiger partial charge in [0.15, 0.2) is 4.75 Å². The maximum Gasteiger partial charge on any atom is 0.406 e. The second kappa shape index (κ2) is 3.96. The maximum absolute atomic E-state index is 12.9. The fourth-order valence-corrected chi connectivity index (χ4v) is 3.69. The molecule has 2 aliphatic rings. The fourth-order valence-electron chi connectivity index (χ4n) is 2.99. The molecule has 0 saturated heterocycles. The van der Waals surface area contributed by atoms with E-state index in [2.05, 4.69) is 0 Å². The summed E-state index contributed by atoms with van der Waals surface area (Å²) in [6, 6.07) is 0. The number of alkyl halides is 3. The van der Waals surface area contributed by atoms with Gasteiger partial charge >= 0.3 is 6.18 Å². The van der Waals surface area contributed by atoms with Crippen LogP contribution in [0.5, 0.6) is 0 Å². The Labute approximate surface area is 104 Å². The number of halogens is 3. The molecule has 18 heavy (non-hydrogen) atoms. The van der Waals surface area contributed by atoms with Crippen LogP contribution in [0.2, 0.25) is 0 Å². The van der Waals surface area contributed by atoms with Gasteiger partial charge < -0.3 is 4.55 Å². The van der Waals surface area contributed by atoms with E-state index in [0.717, 1.165) is 6.42 Å². The van der Waals surface area contributed by atoms with Gasteiger partial charge in [-0.2, -0.15) is 13.2 Å². The highest BCUT2D eigenvalue weighted by atomic mass is 32.2. The van der Waals surface area contributed by atoms with E-state index in [9.17, 15) is 26.1 Å². The van der Waals surface area contributed by atoms with Crippen molar-refractivity contribution in [1.29, 1.82) is 0 Å². The molecule has 0 heterocycles. The Morgan fingerprint density at radius 1 is 1.28 bits per heavy atom. The van der Waals surface area contributed by atoms with Crippen LogP contribution in [0, 0.1) is 17.8 Å². The van der Waals surface area contributed by atoms with Crippen molar-refractivity contribution in [2.24, 2.45) is 17.8 Å². The van der Waals surface area contributed by atoms with Crippen LogP contribution >= 0.6 is 0 Å². The number of fused-ring (bicyclic) bond motifs is 2. The molecule has 2 rings (SSSR count). The summed E-state index contributed by atoms with van der Waals surface area (Å²) in [6.07, 6.45) is -0.544. The van der Waals surface area contributed by atoms with Crippen LogP contribution in [-0.4, -0.2) is 23.9 Å². The normalized spacial score (nSPS) is 34.8. The van der Waals surface area contributed by atoms with Gasteiger partial charge in [0.2, 0.25) is 0 Å². The molecular weight excluding hydrogens is 269 g/mol. The minimum Gasteiger partial charge on any atom is -0.747 e. The molecule has 0 N–H and O–H groups in total. The second-order valence-electron chi connectivity index (χ2n) is 5.43. The van der Waals surface area contributed by atoms with Crippen LogP contribution in [-0.2, 0) is 10.1 Å². The molecular formula is C11H14F3O3S-. The first kappa shape index (κ1) is 13.9. The lowest BCUT2D eigenvalue weighted by molar-refractivity contribution is -0.163. The van der Waals surface area contributed by atoms with Crippen molar-refractivity contribution in [2.75, 3.05) is 0 Å². The van der Waals surface area contributed by atoms with E-state index < -0.39 is 27.5 Å². The molecule has 2 bridgehead atoms. The third-order valence-electron chi connectivity index (χ3n) is 4.22. The molecule has 2 aliphatic carbocycles. The zero-order valence-corrected chi connectivity index (χ0v) is 10.6.